The van der Waals surface area contributed by atoms with E-state index in [9.17, 15) is 22.0 Å². The molecule has 2 aromatic carbocycles. The van der Waals surface area contributed by atoms with Crippen LogP contribution in [0.15, 0.2) is 52.7 Å². The van der Waals surface area contributed by atoms with E-state index in [4.69, 9.17) is 4.74 Å². The smallest absolute Gasteiger partial charge is 0.263 e. The Kier molecular flexibility index (Phi) is 7.18. The van der Waals surface area contributed by atoms with Crippen molar-refractivity contribution in [3.63, 3.8) is 0 Å². The summed E-state index contributed by atoms with van der Waals surface area (Å²) in [6, 6.07) is 9.39. The Bertz CT molecular complexity index is 1150. The number of benzene rings is 2. The van der Waals surface area contributed by atoms with Gasteiger partial charge in [-0.25, -0.2) is 22.2 Å². The highest BCUT2D eigenvalue weighted by Gasteiger charge is 2.17. The molecule has 0 fully saturated rings. The Morgan fingerprint density at radius 2 is 1.81 bits per heavy atom. The van der Waals surface area contributed by atoms with Gasteiger partial charge in [0.1, 0.15) is 17.4 Å². The zero-order valence-corrected chi connectivity index (χ0v) is 18.0. The van der Waals surface area contributed by atoms with Gasteiger partial charge in [-0.3, -0.25) is 9.52 Å². The molecule has 3 aromatic rings. The summed E-state index contributed by atoms with van der Waals surface area (Å²) in [6.07, 6.45) is 0.275. The van der Waals surface area contributed by atoms with Crippen LogP contribution in [-0.2, 0) is 27.8 Å². The molecule has 0 atom stereocenters. The number of rotatable bonds is 9. The van der Waals surface area contributed by atoms with E-state index in [2.05, 4.69) is 15.0 Å². The number of thiazole rings is 1. The number of carbonyl (C=O) groups excluding carboxylic acids is 1. The molecule has 0 saturated carbocycles. The Morgan fingerprint density at radius 3 is 2.45 bits per heavy atom. The van der Waals surface area contributed by atoms with Crippen LogP contribution in [0.3, 0.4) is 0 Å². The molecule has 3 rings (SSSR count). The molecule has 0 radical (unpaired) electrons. The first-order valence-corrected chi connectivity index (χ1v) is 11.5. The van der Waals surface area contributed by atoms with E-state index in [-0.39, 0.29) is 35.0 Å². The normalized spacial score (nSPS) is 11.2. The van der Waals surface area contributed by atoms with Gasteiger partial charge in [-0.05, 0) is 42.8 Å². The third kappa shape index (κ3) is 5.98. The molecule has 0 spiro atoms. The SMILES string of the molecule is COc1ccc(S(=O)(=O)Nc2nc(CCC(=O)NCc3c(F)cccc3F)cs2)cc1. The number of halogens is 2. The van der Waals surface area contributed by atoms with Crippen molar-refractivity contribution in [2.24, 2.45) is 0 Å². The number of nitrogens with one attached hydrogen (secondary N) is 2. The van der Waals surface area contributed by atoms with Crippen LogP contribution in [0.25, 0.3) is 0 Å². The lowest BCUT2D eigenvalue weighted by atomic mass is 10.2. The molecule has 0 aliphatic carbocycles. The Labute approximate surface area is 182 Å². The van der Waals surface area contributed by atoms with Gasteiger partial charge in [0.05, 0.1) is 17.7 Å². The highest BCUT2D eigenvalue weighted by molar-refractivity contribution is 7.93. The summed E-state index contributed by atoms with van der Waals surface area (Å²) in [5.74, 6) is -1.33. The second kappa shape index (κ2) is 9.84. The van der Waals surface area contributed by atoms with Crippen molar-refractivity contribution in [2.45, 2.75) is 24.3 Å². The number of methoxy groups -OCH3 is 1. The van der Waals surface area contributed by atoms with Crippen LogP contribution in [0.4, 0.5) is 13.9 Å². The minimum absolute atomic E-state index is 0.0322. The maximum Gasteiger partial charge on any atom is 0.263 e. The standard InChI is InChI=1S/C20H19F2N3O4S2/c1-29-14-6-8-15(9-7-14)31(27,28)25-20-24-13(12-30-20)5-10-19(26)23-11-16-17(21)3-2-4-18(16)22/h2-4,6-9,12H,5,10-11H2,1H3,(H,23,26)(H,24,25). The second-order valence-corrected chi connectivity index (χ2v) is 8.94. The summed E-state index contributed by atoms with van der Waals surface area (Å²) >= 11 is 1.09. The Hall–Kier alpha value is -3.05. The zero-order valence-electron chi connectivity index (χ0n) is 16.4. The van der Waals surface area contributed by atoms with Crippen molar-refractivity contribution >= 4 is 32.4 Å². The number of sulfonamides is 1. The first-order chi connectivity index (χ1) is 14.8. The zero-order chi connectivity index (χ0) is 22.4. The highest BCUT2D eigenvalue weighted by Crippen LogP contribution is 2.22. The van der Waals surface area contributed by atoms with E-state index >= 15 is 0 Å². The number of aryl methyl sites for hydroxylation is 1. The second-order valence-electron chi connectivity index (χ2n) is 6.40. The molecule has 0 saturated heterocycles. The molecular weight excluding hydrogens is 448 g/mol. The number of hydrogen-bond acceptors (Lipinski definition) is 6. The van der Waals surface area contributed by atoms with Crippen molar-refractivity contribution in [3.05, 3.63) is 70.7 Å². The van der Waals surface area contributed by atoms with E-state index in [1.165, 1.54) is 37.4 Å². The molecular formula is C20H19F2N3O4S2. The predicted octanol–water partition coefficient (Wildman–Crippen LogP) is 3.48. The largest absolute Gasteiger partial charge is 0.497 e. The van der Waals surface area contributed by atoms with Gasteiger partial charge < -0.3 is 10.1 Å². The topological polar surface area (TPSA) is 97.4 Å². The molecule has 7 nitrogen and oxygen atoms in total. The summed E-state index contributed by atoms with van der Waals surface area (Å²) in [7, 11) is -2.33. The van der Waals surface area contributed by atoms with Gasteiger partial charge in [0.15, 0.2) is 5.13 Å². The van der Waals surface area contributed by atoms with Gasteiger partial charge in [0.2, 0.25) is 5.91 Å². The number of anilines is 1. The number of ether oxygens (including phenoxy) is 1. The fraction of sp³-hybridized carbons (Fsp3) is 0.200. The van der Waals surface area contributed by atoms with E-state index in [1.807, 2.05) is 0 Å². The molecule has 0 unspecified atom stereocenters. The van der Waals surface area contributed by atoms with Gasteiger partial charge in [0.25, 0.3) is 10.0 Å². The van der Waals surface area contributed by atoms with Crippen LogP contribution in [-0.4, -0.2) is 26.4 Å². The maximum absolute atomic E-state index is 13.6. The summed E-state index contributed by atoms with van der Waals surface area (Å²) in [5, 5.41) is 4.26. The van der Waals surface area contributed by atoms with E-state index in [1.54, 1.807) is 5.38 Å². The molecule has 1 aromatic heterocycles. The van der Waals surface area contributed by atoms with Crippen molar-refractivity contribution in [1.29, 1.82) is 0 Å². The van der Waals surface area contributed by atoms with Crippen LogP contribution in [0.5, 0.6) is 5.75 Å². The van der Waals surface area contributed by atoms with Crippen LogP contribution in [0.1, 0.15) is 17.7 Å². The monoisotopic (exact) mass is 467 g/mol. The number of hydrogen-bond donors (Lipinski definition) is 2. The molecule has 0 aliphatic heterocycles. The first kappa shape index (κ1) is 22.6. The van der Waals surface area contributed by atoms with E-state index < -0.39 is 27.6 Å². The Balaban J connectivity index is 1.53. The molecule has 31 heavy (non-hydrogen) atoms. The van der Waals surface area contributed by atoms with Crippen molar-refractivity contribution in [3.8, 4) is 5.75 Å². The minimum atomic E-state index is -3.81. The molecule has 1 heterocycles. The van der Waals surface area contributed by atoms with Gasteiger partial charge in [-0.2, -0.15) is 0 Å². The van der Waals surface area contributed by atoms with E-state index in [0.717, 1.165) is 23.5 Å². The predicted molar refractivity (Wildman–Crippen MR) is 112 cm³/mol. The van der Waals surface area contributed by atoms with Gasteiger partial charge in [-0.1, -0.05) is 6.07 Å². The lowest BCUT2D eigenvalue weighted by molar-refractivity contribution is -0.121. The molecule has 2 N–H and O–H groups in total. The number of nitrogens with zero attached hydrogens (tertiary/aromatic N) is 1. The average molecular weight is 468 g/mol. The van der Waals surface area contributed by atoms with Gasteiger partial charge in [-0.15, -0.1) is 11.3 Å². The first-order valence-electron chi connectivity index (χ1n) is 9.09. The fourth-order valence-electron chi connectivity index (χ4n) is 2.62. The maximum atomic E-state index is 13.6. The van der Waals surface area contributed by atoms with E-state index in [0.29, 0.717) is 11.4 Å². The Morgan fingerprint density at radius 1 is 1.13 bits per heavy atom. The number of amides is 1. The third-order valence-corrected chi connectivity index (χ3v) is 6.57. The average Bonchev–Trinajstić information content (AvgIpc) is 3.18. The molecule has 0 aliphatic rings. The third-order valence-electron chi connectivity index (χ3n) is 4.28. The summed E-state index contributed by atoms with van der Waals surface area (Å²) < 4.78 is 59.5. The van der Waals surface area contributed by atoms with Gasteiger partial charge >= 0.3 is 0 Å². The van der Waals surface area contributed by atoms with Crippen LogP contribution in [0, 0.1) is 11.6 Å². The number of aromatic nitrogens is 1. The lowest BCUT2D eigenvalue weighted by Crippen LogP contribution is -2.24. The fourth-order valence-corrected chi connectivity index (χ4v) is 4.61. The van der Waals surface area contributed by atoms with Crippen LogP contribution in [0.2, 0.25) is 0 Å². The summed E-state index contributed by atoms with van der Waals surface area (Å²) in [6.45, 7) is -0.263. The highest BCUT2D eigenvalue weighted by atomic mass is 32.2. The summed E-state index contributed by atoms with van der Waals surface area (Å²) in [5.41, 5.74) is 0.310. The van der Waals surface area contributed by atoms with Crippen LogP contribution < -0.4 is 14.8 Å². The quantitative estimate of drug-likeness (QED) is 0.502. The molecule has 0 bridgehead atoms. The minimum Gasteiger partial charge on any atom is -0.497 e. The van der Waals surface area contributed by atoms with Crippen molar-refractivity contribution in [1.82, 2.24) is 10.3 Å². The summed E-state index contributed by atoms with van der Waals surface area (Å²) in [4.78, 5) is 16.2. The number of carbonyl (C=O) groups is 1. The lowest BCUT2D eigenvalue weighted by Gasteiger charge is -2.07. The van der Waals surface area contributed by atoms with Crippen LogP contribution >= 0.6 is 11.3 Å². The molecule has 1 amide bonds. The van der Waals surface area contributed by atoms with Crippen molar-refractivity contribution in [2.75, 3.05) is 11.8 Å². The van der Waals surface area contributed by atoms with Crippen molar-refractivity contribution < 1.29 is 26.7 Å². The molecule has 164 valence electrons. The molecule has 11 heteroatoms. The van der Waals surface area contributed by atoms with Gasteiger partial charge in [0, 0.05) is 23.9 Å².